The van der Waals surface area contributed by atoms with Gasteiger partial charge in [0.1, 0.15) is 11.8 Å². The third-order valence-corrected chi connectivity index (χ3v) is 6.12. The van der Waals surface area contributed by atoms with Crippen molar-refractivity contribution in [3.05, 3.63) is 35.5 Å². The number of benzene rings is 1. The second kappa shape index (κ2) is 10.7. The van der Waals surface area contributed by atoms with Crippen LogP contribution in [0.15, 0.2) is 24.3 Å². The summed E-state index contributed by atoms with van der Waals surface area (Å²) in [6, 6.07) is 7.17. The fourth-order valence-electron chi connectivity index (χ4n) is 4.35. The molecule has 3 rings (SSSR count). The van der Waals surface area contributed by atoms with Crippen molar-refractivity contribution in [2.45, 2.75) is 44.9 Å². The molecule has 0 radical (unpaired) electrons. The van der Waals surface area contributed by atoms with Gasteiger partial charge in [-0.3, -0.25) is 0 Å². The summed E-state index contributed by atoms with van der Waals surface area (Å²) in [5.41, 5.74) is 5.13. The lowest BCUT2D eigenvalue weighted by Crippen LogP contribution is -2.43. The molecular formula is C25H32F3N5O2. The first-order valence-electron chi connectivity index (χ1n) is 11.6. The summed E-state index contributed by atoms with van der Waals surface area (Å²) in [7, 11) is 1.60. The van der Waals surface area contributed by atoms with E-state index in [0.29, 0.717) is 24.6 Å². The second-order valence-electron chi connectivity index (χ2n) is 9.56. The first-order valence-corrected chi connectivity index (χ1v) is 11.6. The van der Waals surface area contributed by atoms with E-state index in [1.54, 1.807) is 20.9 Å². The van der Waals surface area contributed by atoms with Gasteiger partial charge in [-0.2, -0.15) is 18.4 Å². The van der Waals surface area contributed by atoms with Gasteiger partial charge in [0.25, 0.3) is 0 Å². The Morgan fingerprint density at radius 1 is 1.26 bits per heavy atom. The van der Waals surface area contributed by atoms with Crippen molar-refractivity contribution in [3.63, 3.8) is 0 Å². The molecule has 0 spiro atoms. The van der Waals surface area contributed by atoms with E-state index in [4.69, 9.17) is 10.5 Å². The molecule has 0 amide bonds. The minimum atomic E-state index is -4.62. The summed E-state index contributed by atoms with van der Waals surface area (Å²) in [5.74, 6) is 0.135. The molecule has 4 N–H and O–H groups in total. The number of nitrogens with zero attached hydrogens (tertiary/aromatic N) is 3. The molecule has 0 unspecified atom stereocenters. The summed E-state index contributed by atoms with van der Waals surface area (Å²) in [4.78, 5) is 6.33. The normalized spacial score (nSPS) is 15.6. The van der Waals surface area contributed by atoms with Gasteiger partial charge in [-0.1, -0.05) is 0 Å². The van der Waals surface area contributed by atoms with Gasteiger partial charge in [0.05, 0.1) is 34.8 Å². The van der Waals surface area contributed by atoms with Crippen molar-refractivity contribution in [1.29, 1.82) is 5.26 Å². The number of halogens is 3. The number of β-amino-alcohol motifs (C(OH)–C–C–N with tert-alkyl or cyclic N) is 1. The van der Waals surface area contributed by atoms with Crippen LogP contribution in [0.1, 0.15) is 44.4 Å². The molecule has 7 nitrogen and oxygen atoms in total. The third-order valence-electron chi connectivity index (χ3n) is 6.12. The maximum absolute atomic E-state index is 13.8. The van der Waals surface area contributed by atoms with Gasteiger partial charge in [-0.15, -0.1) is 0 Å². The Morgan fingerprint density at radius 2 is 1.94 bits per heavy atom. The van der Waals surface area contributed by atoms with Gasteiger partial charge < -0.3 is 25.8 Å². The number of nitrogens with two attached hydrogens (primary N) is 1. The lowest BCUT2D eigenvalue weighted by atomic mass is 9.93. The van der Waals surface area contributed by atoms with Gasteiger partial charge in [0.2, 0.25) is 0 Å². The number of aliphatic hydroxyl groups is 1. The molecule has 2 heterocycles. The largest absolute Gasteiger partial charge is 0.493 e. The van der Waals surface area contributed by atoms with E-state index in [0.717, 1.165) is 32.0 Å². The minimum absolute atomic E-state index is 0.0608. The molecule has 1 aromatic carbocycles. The predicted molar refractivity (Wildman–Crippen MR) is 129 cm³/mol. The fraction of sp³-hybridized carbons (Fsp3) is 0.520. The smallest absolute Gasteiger partial charge is 0.419 e. The van der Waals surface area contributed by atoms with Crippen LogP contribution in [0, 0.1) is 17.2 Å². The molecule has 1 saturated heterocycles. The Labute approximate surface area is 203 Å². The molecule has 1 aromatic heterocycles. The zero-order valence-electron chi connectivity index (χ0n) is 20.2. The van der Waals surface area contributed by atoms with Crippen LogP contribution >= 0.6 is 0 Å². The van der Waals surface area contributed by atoms with Crippen LogP contribution in [0.2, 0.25) is 0 Å². The maximum Gasteiger partial charge on any atom is 0.419 e. The second-order valence-corrected chi connectivity index (χ2v) is 9.56. The van der Waals surface area contributed by atoms with Crippen molar-refractivity contribution < 1.29 is 23.0 Å². The summed E-state index contributed by atoms with van der Waals surface area (Å²) >= 11 is 0. The summed E-state index contributed by atoms with van der Waals surface area (Å²) in [6.45, 7) is 6.05. The highest BCUT2D eigenvalue weighted by atomic mass is 19.4. The molecule has 10 heteroatoms. The van der Waals surface area contributed by atoms with Crippen LogP contribution in [0.4, 0.5) is 24.5 Å². The van der Waals surface area contributed by atoms with Gasteiger partial charge in [0, 0.05) is 19.2 Å². The molecule has 1 fully saturated rings. The number of nitrogen functional groups attached to an aromatic ring is 1. The van der Waals surface area contributed by atoms with Crippen LogP contribution in [0.25, 0.3) is 11.3 Å². The van der Waals surface area contributed by atoms with Crippen LogP contribution in [0.3, 0.4) is 0 Å². The van der Waals surface area contributed by atoms with Gasteiger partial charge >= 0.3 is 6.18 Å². The number of likely N-dealkylation sites (tertiary alicyclic amines) is 1. The molecule has 0 atom stereocenters. The number of piperidine rings is 1. The van der Waals surface area contributed by atoms with E-state index in [-0.39, 0.29) is 35.0 Å². The van der Waals surface area contributed by atoms with Gasteiger partial charge in [-0.05, 0) is 76.4 Å². The van der Waals surface area contributed by atoms with Crippen molar-refractivity contribution >= 4 is 11.4 Å². The number of nitrogens with one attached hydrogen (secondary N) is 1. The molecule has 1 aliphatic rings. The number of aromatic nitrogens is 1. The van der Waals surface area contributed by atoms with E-state index in [2.05, 4.69) is 15.2 Å². The molecule has 1 aliphatic heterocycles. The molecule has 0 saturated carbocycles. The van der Waals surface area contributed by atoms with Crippen LogP contribution in [0.5, 0.6) is 5.75 Å². The Balaban J connectivity index is 1.70. The molecular weight excluding hydrogens is 459 g/mol. The van der Waals surface area contributed by atoms with E-state index in [9.17, 15) is 23.5 Å². The number of hydrogen-bond acceptors (Lipinski definition) is 7. The Hall–Kier alpha value is -3.03. The number of hydrogen-bond donors (Lipinski definition) is 3. The number of ether oxygens (including phenoxy) is 1. The SMILES string of the molecule is CNc1cc(-c2ccc(OCCC3CCN(CC(C)(C)O)CC3)c(C(F)(F)F)c2)nc(C#N)c1N. The van der Waals surface area contributed by atoms with Crippen LogP contribution in [-0.2, 0) is 6.18 Å². The monoisotopic (exact) mass is 491 g/mol. The highest BCUT2D eigenvalue weighted by Gasteiger charge is 2.35. The maximum atomic E-state index is 13.8. The quantitative estimate of drug-likeness (QED) is 0.499. The average Bonchev–Trinajstić information content (AvgIpc) is 2.79. The lowest BCUT2D eigenvalue weighted by Gasteiger charge is -2.35. The highest BCUT2D eigenvalue weighted by Crippen LogP contribution is 2.39. The van der Waals surface area contributed by atoms with E-state index in [1.807, 2.05) is 6.07 Å². The van der Waals surface area contributed by atoms with Gasteiger partial charge in [-0.25, -0.2) is 4.98 Å². The molecule has 0 bridgehead atoms. The minimum Gasteiger partial charge on any atom is -0.493 e. The predicted octanol–water partition coefficient (Wildman–Crippen LogP) is 4.51. The Morgan fingerprint density at radius 3 is 2.51 bits per heavy atom. The number of nitriles is 1. The topological polar surface area (TPSA) is 107 Å². The standard InChI is InChI=1S/C25H32F3N5O2/c1-24(2,34)15-33-9-6-16(7-10-33)8-11-35-22-5-4-17(12-18(22)25(26,27)28)19-13-20(31-3)23(30)21(14-29)32-19/h4-5,12-13,16,34H,6-11,15,30H2,1-3H3,(H,31,32). The first-order chi connectivity index (χ1) is 16.4. The number of rotatable bonds is 8. The molecule has 2 aromatic rings. The van der Waals surface area contributed by atoms with Crippen LogP contribution < -0.4 is 15.8 Å². The molecule has 190 valence electrons. The van der Waals surface area contributed by atoms with Crippen molar-refractivity contribution in [2.75, 3.05) is 44.3 Å². The summed E-state index contributed by atoms with van der Waals surface area (Å²) in [6.07, 6.45) is -2.12. The lowest BCUT2D eigenvalue weighted by molar-refractivity contribution is -0.138. The van der Waals surface area contributed by atoms with E-state index < -0.39 is 17.3 Å². The zero-order chi connectivity index (χ0) is 25.8. The summed E-state index contributed by atoms with van der Waals surface area (Å²) in [5, 5.41) is 22.1. The summed E-state index contributed by atoms with van der Waals surface area (Å²) < 4.78 is 47.1. The fourth-order valence-corrected chi connectivity index (χ4v) is 4.35. The van der Waals surface area contributed by atoms with Crippen molar-refractivity contribution in [3.8, 4) is 23.1 Å². The third kappa shape index (κ3) is 6.99. The molecule has 35 heavy (non-hydrogen) atoms. The Bertz CT molecular complexity index is 1070. The number of pyridine rings is 1. The van der Waals surface area contributed by atoms with E-state index in [1.165, 1.54) is 18.2 Å². The van der Waals surface area contributed by atoms with Crippen molar-refractivity contribution in [1.82, 2.24) is 9.88 Å². The van der Waals surface area contributed by atoms with Crippen LogP contribution in [-0.4, -0.2) is 53.9 Å². The van der Waals surface area contributed by atoms with E-state index >= 15 is 0 Å². The number of anilines is 2. The average molecular weight is 492 g/mol. The Kier molecular flexibility index (Phi) is 8.13. The van der Waals surface area contributed by atoms with Gasteiger partial charge in [0.15, 0.2) is 5.69 Å². The van der Waals surface area contributed by atoms with Crippen molar-refractivity contribution in [2.24, 2.45) is 5.92 Å². The zero-order valence-corrected chi connectivity index (χ0v) is 20.2. The first kappa shape index (κ1) is 26.6. The number of alkyl halides is 3. The molecule has 0 aliphatic carbocycles. The highest BCUT2D eigenvalue weighted by molar-refractivity contribution is 5.77.